The van der Waals surface area contributed by atoms with Crippen LogP contribution in [-0.4, -0.2) is 26.1 Å². The van der Waals surface area contributed by atoms with Gasteiger partial charge < -0.3 is 0 Å². The summed E-state index contributed by atoms with van der Waals surface area (Å²) < 4.78 is 2.26. The highest BCUT2D eigenvalue weighted by molar-refractivity contribution is 6.13. The maximum Gasteiger partial charge on any atom is 0.146 e. The average Bonchev–Trinajstić information content (AvgIpc) is 3.84. The van der Waals surface area contributed by atoms with Crippen molar-refractivity contribution in [1.29, 1.82) is 0 Å². The van der Waals surface area contributed by atoms with Crippen LogP contribution in [0, 0.1) is 6.92 Å². The minimum absolute atomic E-state index is 0.839. The van der Waals surface area contributed by atoms with E-state index in [1.165, 1.54) is 5.57 Å². The van der Waals surface area contributed by atoms with Crippen LogP contribution in [0.3, 0.4) is 0 Å². The second kappa shape index (κ2) is 18.5. The number of hydrogen-bond donors (Lipinski definition) is 0. The summed E-state index contributed by atoms with van der Waals surface area (Å²) in [4.78, 5) is 19.2. The fourth-order valence-corrected chi connectivity index (χ4v) is 10.2. The summed E-state index contributed by atoms with van der Waals surface area (Å²) in [5, 5.41) is 2.13. The van der Waals surface area contributed by atoms with Crippen molar-refractivity contribution in [3.05, 3.63) is 248 Å². The summed E-state index contributed by atoms with van der Waals surface area (Å²) >= 11 is 0. The zero-order chi connectivity index (χ0) is 48.7. The fraction of sp³-hybridized carbons (Fsp3) is 0.0448. The number of aliphatic imine (C=N–C) groups is 1. The number of allylic oxidation sites excluding steroid dienone is 3. The number of pyridine rings is 3. The van der Waals surface area contributed by atoms with E-state index in [9.17, 15) is 0 Å². The molecule has 5 heteroatoms. The van der Waals surface area contributed by atoms with Gasteiger partial charge in [-0.15, -0.1) is 0 Å². The predicted octanol–water partition coefficient (Wildman–Crippen LogP) is 17.6. The maximum absolute atomic E-state index is 5.24. The molecule has 0 saturated heterocycles. The third kappa shape index (κ3) is 8.07. The second-order valence-corrected chi connectivity index (χ2v) is 18.7. The lowest BCUT2D eigenvalue weighted by Gasteiger charge is -2.18. The average molecular weight is 924 g/mol. The zero-order valence-corrected chi connectivity index (χ0v) is 40.4. The topological polar surface area (TPSA) is 55.4 Å². The van der Waals surface area contributed by atoms with E-state index in [2.05, 4.69) is 243 Å². The lowest BCUT2D eigenvalue weighted by Crippen LogP contribution is -1.94. The third-order valence-electron chi connectivity index (χ3n) is 13.7. The van der Waals surface area contributed by atoms with Crippen molar-refractivity contribution in [1.82, 2.24) is 19.4 Å². The Hall–Kier alpha value is -9.32. The van der Waals surface area contributed by atoms with Crippen LogP contribution in [0.25, 0.3) is 122 Å². The Kier molecular flexibility index (Phi) is 11.3. The first kappa shape index (κ1) is 43.9. The van der Waals surface area contributed by atoms with Crippen molar-refractivity contribution >= 4 is 50.9 Å². The minimum atomic E-state index is 0.839. The van der Waals surface area contributed by atoms with E-state index in [0.29, 0.717) is 0 Å². The molecule has 8 aromatic carbocycles. The van der Waals surface area contributed by atoms with Crippen molar-refractivity contribution in [3.63, 3.8) is 0 Å². The predicted molar refractivity (Wildman–Crippen MR) is 303 cm³/mol. The van der Waals surface area contributed by atoms with Crippen molar-refractivity contribution in [2.24, 2.45) is 4.99 Å². The van der Waals surface area contributed by atoms with Crippen LogP contribution >= 0.6 is 0 Å². The Bertz CT molecular complexity index is 4120. The monoisotopic (exact) mass is 923 g/mol. The van der Waals surface area contributed by atoms with E-state index in [1.54, 1.807) is 0 Å². The van der Waals surface area contributed by atoms with Crippen LogP contribution in [0.2, 0.25) is 0 Å². The lowest BCUT2D eigenvalue weighted by atomic mass is 9.86. The number of benzene rings is 8. The number of aryl methyl sites for hydroxylation is 1. The third-order valence-corrected chi connectivity index (χ3v) is 13.7. The number of para-hydroxylation sites is 2. The van der Waals surface area contributed by atoms with Gasteiger partial charge in [-0.1, -0.05) is 163 Å². The van der Waals surface area contributed by atoms with Crippen LogP contribution in [0.1, 0.15) is 25.0 Å². The quantitative estimate of drug-likeness (QED) is 0.0780. The highest BCUT2D eigenvalue weighted by Gasteiger charge is 2.19. The second-order valence-electron chi connectivity index (χ2n) is 18.7. The van der Waals surface area contributed by atoms with E-state index in [-0.39, 0.29) is 0 Å². The molecule has 4 aromatic heterocycles. The minimum Gasteiger partial charge on any atom is -0.290 e. The molecule has 0 N–H and O–H groups in total. The van der Waals surface area contributed by atoms with E-state index in [1.807, 2.05) is 24.5 Å². The van der Waals surface area contributed by atoms with E-state index in [0.717, 1.165) is 133 Å². The van der Waals surface area contributed by atoms with Gasteiger partial charge in [0.15, 0.2) is 0 Å². The van der Waals surface area contributed by atoms with Gasteiger partial charge in [-0.25, -0.2) is 4.98 Å². The van der Waals surface area contributed by atoms with Crippen LogP contribution < -0.4 is 0 Å². The first-order chi connectivity index (χ1) is 35.4. The summed E-state index contributed by atoms with van der Waals surface area (Å²) in [6.45, 7) is 10.1. The van der Waals surface area contributed by atoms with Crippen LogP contribution in [0.5, 0.6) is 0 Å². The molecule has 4 heterocycles. The largest absolute Gasteiger partial charge is 0.290 e. The number of hydrogen-bond acceptors (Lipinski definition) is 4. The van der Waals surface area contributed by atoms with Gasteiger partial charge in [0.05, 0.1) is 33.5 Å². The molecule has 72 heavy (non-hydrogen) atoms. The Morgan fingerprint density at radius 2 is 1.00 bits per heavy atom. The zero-order valence-electron chi connectivity index (χ0n) is 40.4. The molecular formula is C67H49N5. The first-order valence-corrected chi connectivity index (χ1v) is 24.4. The maximum atomic E-state index is 5.24. The summed E-state index contributed by atoms with van der Waals surface area (Å²) in [5.41, 5.74) is 24.7. The standard InChI is InChI=1S/C67H49N5/c1-43(2)23-35-61(68-4)47-29-25-45(26-30-47)53-14-5-8-17-56(53)50-38-51(57-18-9-6-15-54(57)46-27-31-48(32-28-46)62-36-24-44(3)42-70-62)40-52(39-50)58-19-10-7-16-55(58)49-33-34-59-60(41-49)67-71-63-20-11-12-21-64(63)72(67)65-22-13-37-69-66(59)65/h5-42H,4H2,1-3H3/b61-35-. The Morgan fingerprint density at radius 1 is 0.472 bits per heavy atom. The lowest BCUT2D eigenvalue weighted by molar-refractivity contribution is 1.27. The number of fused-ring (bicyclic) bond motifs is 8. The molecule has 0 bridgehead atoms. The van der Waals surface area contributed by atoms with Crippen molar-refractivity contribution < 1.29 is 0 Å². The van der Waals surface area contributed by atoms with Gasteiger partial charge in [0.25, 0.3) is 0 Å². The fourth-order valence-electron chi connectivity index (χ4n) is 10.2. The van der Waals surface area contributed by atoms with Gasteiger partial charge in [-0.2, -0.15) is 0 Å². The molecular weight excluding hydrogens is 875 g/mol. The molecule has 0 aliphatic carbocycles. The smallest absolute Gasteiger partial charge is 0.146 e. The Labute approximate surface area is 419 Å². The van der Waals surface area contributed by atoms with Gasteiger partial charge in [-0.05, 0) is 160 Å². The van der Waals surface area contributed by atoms with Crippen LogP contribution in [-0.2, 0) is 0 Å². The summed E-state index contributed by atoms with van der Waals surface area (Å²) in [5.74, 6) is 0. The molecule has 342 valence electrons. The van der Waals surface area contributed by atoms with E-state index >= 15 is 0 Å². The van der Waals surface area contributed by atoms with Gasteiger partial charge in [0.2, 0.25) is 0 Å². The van der Waals surface area contributed by atoms with E-state index in [4.69, 9.17) is 15.0 Å². The molecule has 0 radical (unpaired) electrons. The first-order valence-electron chi connectivity index (χ1n) is 24.4. The van der Waals surface area contributed by atoms with Gasteiger partial charge >= 0.3 is 0 Å². The van der Waals surface area contributed by atoms with Gasteiger partial charge in [0.1, 0.15) is 5.65 Å². The summed E-state index contributed by atoms with van der Waals surface area (Å²) in [6.07, 6.45) is 7.91. The van der Waals surface area contributed by atoms with Crippen molar-refractivity contribution in [2.45, 2.75) is 20.8 Å². The van der Waals surface area contributed by atoms with Crippen LogP contribution in [0.4, 0.5) is 0 Å². The summed E-state index contributed by atoms with van der Waals surface area (Å²) in [6, 6.07) is 74.3. The molecule has 0 aliphatic heterocycles. The van der Waals surface area contributed by atoms with Gasteiger partial charge in [-0.3, -0.25) is 19.4 Å². The van der Waals surface area contributed by atoms with Crippen LogP contribution in [0.15, 0.2) is 241 Å². The van der Waals surface area contributed by atoms with Crippen molar-refractivity contribution in [2.75, 3.05) is 0 Å². The molecule has 0 spiro atoms. The highest BCUT2D eigenvalue weighted by atomic mass is 15.0. The van der Waals surface area contributed by atoms with Gasteiger partial charge in [0, 0.05) is 34.3 Å². The highest BCUT2D eigenvalue weighted by Crippen LogP contribution is 2.43. The SMILES string of the molecule is C=N/C(=C\C=C(C)C)c1ccc(-c2ccccc2-c2cc(-c3ccccc3-c3ccc(-c4ccc(C)cn4)cc3)cc(-c3ccccc3-c3ccc4c(c3)c3nc5ccccc5n3c3cccnc43)c2)cc1. The van der Waals surface area contributed by atoms with E-state index < -0.39 is 0 Å². The molecule has 0 saturated carbocycles. The number of aromatic nitrogens is 4. The Balaban J connectivity index is 1.04. The number of nitrogens with zero attached hydrogens (tertiary/aromatic N) is 5. The molecule has 0 amide bonds. The molecule has 5 nitrogen and oxygen atoms in total. The molecule has 0 aliphatic rings. The Morgan fingerprint density at radius 3 is 1.58 bits per heavy atom. The molecule has 12 rings (SSSR count). The number of rotatable bonds is 10. The molecule has 12 aromatic rings. The molecule has 0 atom stereocenters. The molecule has 0 unspecified atom stereocenters. The summed E-state index contributed by atoms with van der Waals surface area (Å²) in [7, 11) is 0. The number of imidazole rings is 1. The van der Waals surface area contributed by atoms with Crippen molar-refractivity contribution in [3.8, 4) is 78.0 Å². The normalized spacial score (nSPS) is 11.7. The molecule has 0 fully saturated rings.